The van der Waals surface area contributed by atoms with Crippen molar-refractivity contribution in [3.05, 3.63) is 46.0 Å². The second-order valence-electron chi connectivity index (χ2n) is 3.75. The predicted molar refractivity (Wildman–Crippen MR) is 66.7 cm³/mol. The van der Waals surface area contributed by atoms with Gasteiger partial charge in [0, 0.05) is 12.3 Å². The van der Waals surface area contributed by atoms with Gasteiger partial charge in [0.25, 0.3) is 11.5 Å². The Balaban J connectivity index is 2.49. The molecule has 0 bridgehead atoms. The maximum Gasteiger partial charge on any atom is 0.433 e. The van der Waals surface area contributed by atoms with Crippen LogP contribution in [0.5, 0.6) is 0 Å². The van der Waals surface area contributed by atoms with E-state index in [1.54, 1.807) is 0 Å². The lowest BCUT2D eigenvalue weighted by Gasteiger charge is -2.09. The quantitative estimate of drug-likeness (QED) is 0.834. The third kappa shape index (κ3) is 3.60. The van der Waals surface area contributed by atoms with Gasteiger partial charge in [0.1, 0.15) is 10.7 Å². The molecule has 0 aromatic carbocycles. The number of pyridine rings is 1. The summed E-state index contributed by atoms with van der Waals surface area (Å²) in [7, 11) is 0. The molecular weight excluding hydrogens is 309 g/mol. The molecule has 1 amide bonds. The molecule has 0 atom stereocenters. The third-order valence-corrected chi connectivity index (χ3v) is 3.16. The number of alkyl halides is 3. The number of amides is 1. The molecule has 0 unspecified atom stereocenters. The van der Waals surface area contributed by atoms with Crippen molar-refractivity contribution in [2.75, 3.05) is 0 Å². The van der Waals surface area contributed by atoms with Crippen LogP contribution in [0.1, 0.15) is 16.1 Å². The number of carbonyl (C=O) groups is 1. The molecule has 0 fully saturated rings. The summed E-state index contributed by atoms with van der Waals surface area (Å²) in [4.78, 5) is 31.8. The lowest BCUT2D eigenvalue weighted by Crippen LogP contribution is -2.16. The molecular formula is C11H7F3N4O2S. The number of carbonyl (C=O) groups excluding carboxylic acids is 1. The Morgan fingerprint density at radius 1 is 1.29 bits per heavy atom. The Kier molecular flexibility index (Phi) is 3.98. The summed E-state index contributed by atoms with van der Waals surface area (Å²) in [6.07, 6.45) is -3.48. The monoisotopic (exact) mass is 316 g/mol. The number of hydrogen-bond donors (Lipinski definition) is 2. The average Bonchev–Trinajstić information content (AvgIpc) is 2.37. The van der Waals surface area contributed by atoms with E-state index in [9.17, 15) is 22.8 Å². The largest absolute Gasteiger partial charge is 0.433 e. The summed E-state index contributed by atoms with van der Waals surface area (Å²) < 4.78 is 37.9. The van der Waals surface area contributed by atoms with Crippen molar-refractivity contribution in [2.24, 2.45) is 5.73 Å². The van der Waals surface area contributed by atoms with E-state index in [-0.39, 0.29) is 15.7 Å². The van der Waals surface area contributed by atoms with Gasteiger partial charge in [-0.2, -0.15) is 13.2 Å². The second kappa shape index (κ2) is 5.56. The van der Waals surface area contributed by atoms with Crippen molar-refractivity contribution in [1.29, 1.82) is 0 Å². The van der Waals surface area contributed by atoms with Crippen LogP contribution >= 0.6 is 11.8 Å². The molecule has 3 N–H and O–H groups in total. The van der Waals surface area contributed by atoms with Crippen LogP contribution in [0.3, 0.4) is 0 Å². The lowest BCUT2D eigenvalue weighted by molar-refractivity contribution is -0.141. The Morgan fingerprint density at radius 3 is 2.57 bits per heavy atom. The van der Waals surface area contributed by atoms with Gasteiger partial charge >= 0.3 is 6.18 Å². The van der Waals surface area contributed by atoms with Gasteiger partial charge in [0.15, 0.2) is 5.16 Å². The van der Waals surface area contributed by atoms with E-state index in [1.165, 1.54) is 6.20 Å². The van der Waals surface area contributed by atoms with Crippen LogP contribution in [0.2, 0.25) is 0 Å². The number of halogens is 3. The highest BCUT2D eigenvalue weighted by Gasteiger charge is 2.33. The Bertz CT molecular complexity index is 745. The molecule has 0 saturated heterocycles. The van der Waals surface area contributed by atoms with Crippen molar-refractivity contribution in [3.63, 3.8) is 0 Å². The van der Waals surface area contributed by atoms with Crippen LogP contribution in [0.15, 0.2) is 39.4 Å². The van der Waals surface area contributed by atoms with Crippen LogP contribution in [0.4, 0.5) is 13.2 Å². The van der Waals surface area contributed by atoms with E-state index in [0.29, 0.717) is 17.8 Å². The third-order valence-electron chi connectivity index (χ3n) is 2.26. The number of aromatic nitrogens is 3. The number of rotatable bonds is 3. The highest BCUT2D eigenvalue weighted by molar-refractivity contribution is 7.99. The molecule has 0 aliphatic heterocycles. The molecule has 0 aliphatic rings. The zero-order chi connectivity index (χ0) is 15.6. The van der Waals surface area contributed by atoms with Crippen molar-refractivity contribution in [1.82, 2.24) is 15.0 Å². The van der Waals surface area contributed by atoms with Crippen LogP contribution in [-0.4, -0.2) is 20.9 Å². The highest BCUT2D eigenvalue weighted by Crippen LogP contribution is 2.32. The Hall–Kier alpha value is -2.36. The average molecular weight is 316 g/mol. The molecule has 10 heteroatoms. The molecule has 2 rings (SSSR count). The van der Waals surface area contributed by atoms with Gasteiger partial charge in [0.2, 0.25) is 0 Å². The van der Waals surface area contributed by atoms with E-state index in [2.05, 4.69) is 15.0 Å². The zero-order valence-corrected chi connectivity index (χ0v) is 11.0. The second-order valence-corrected chi connectivity index (χ2v) is 4.73. The minimum Gasteiger partial charge on any atom is -0.366 e. The molecule has 2 aromatic rings. The number of nitrogens with zero attached hydrogens (tertiary/aromatic N) is 2. The number of hydrogen-bond acceptors (Lipinski definition) is 5. The summed E-state index contributed by atoms with van der Waals surface area (Å²) in [5.41, 5.74) is 3.24. The predicted octanol–water partition coefficient (Wildman–Crippen LogP) is 1.43. The maximum absolute atomic E-state index is 12.6. The summed E-state index contributed by atoms with van der Waals surface area (Å²) in [5.74, 6) is -0.933. The molecule has 0 aliphatic carbocycles. The van der Waals surface area contributed by atoms with E-state index in [1.807, 2.05) is 0 Å². The number of nitrogens with two attached hydrogens (primary N) is 1. The number of nitrogens with one attached hydrogen (secondary N) is 1. The van der Waals surface area contributed by atoms with Gasteiger partial charge in [-0.25, -0.2) is 9.97 Å². The number of aromatic amines is 1. The molecule has 0 radical (unpaired) electrons. The van der Waals surface area contributed by atoms with Crippen LogP contribution < -0.4 is 11.3 Å². The fourth-order valence-corrected chi connectivity index (χ4v) is 2.23. The first-order chi connectivity index (χ1) is 9.77. The van der Waals surface area contributed by atoms with Crippen LogP contribution in [-0.2, 0) is 6.18 Å². The van der Waals surface area contributed by atoms with E-state index >= 15 is 0 Å². The normalized spacial score (nSPS) is 11.4. The smallest absolute Gasteiger partial charge is 0.366 e. The molecule has 0 saturated carbocycles. The molecule has 21 heavy (non-hydrogen) atoms. The van der Waals surface area contributed by atoms with E-state index in [0.717, 1.165) is 12.1 Å². The van der Waals surface area contributed by atoms with E-state index in [4.69, 9.17) is 5.73 Å². The number of H-pyrrole nitrogens is 1. The van der Waals surface area contributed by atoms with Crippen molar-refractivity contribution in [2.45, 2.75) is 16.4 Å². The standard InChI is InChI=1S/C11H7F3N4O2S/c12-11(13,14)6-2-1-5(8(15)20)9(17-6)21-10-16-4-3-7(19)18-10/h1-4H,(H2,15,20)(H,16,18,19). The first-order valence-electron chi connectivity index (χ1n) is 5.38. The van der Waals surface area contributed by atoms with E-state index < -0.39 is 23.3 Å². The fourth-order valence-electron chi connectivity index (χ4n) is 1.36. The summed E-state index contributed by atoms with van der Waals surface area (Å²) >= 11 is 0.608. The maximum atomic E-state index is 12.6. The van der Waals surface area contributed by atoms with Gasteiger partial charge in [-0.15, -0.1) is 0 Å². The van der Waals surface area contributed by atoms with Gasteiger partial charge in [-0.05, 0) is 23.9 Å². The van der Waals surface area contributed by atoms with Crippen LogP contribution in [0, 0.1) is 0 Å². The molecule has 2 heterocycles. The highest BCUT2D eigenvalue weighted by atomic mass is 32.2. The molecule has 2 aromatic heterocycles. The minimum atomic E-state index is -4.66. The summed E-state index contributed by atoms with van der Waals surface area (Å²) in [6.45, 7) is 0. The molecule has 6 nitrogen and oxygen atoms in total. The lowest BCUT2D eigenvalue weighted by atomic mass is 10.2. The van der Waals surface area contributed by atoms with Gasteiger partial charge in [-0.3, -0.25) is 9.59 Å². The first-order valence-corrected chi connectivity index (χ1v) is 6.20. The molecule has 110 valence electrons. The zero-order valence-electron chi connectivity index (χ0n) is 10.1. The van der Waals surface area contributed by atoms with Crippen molar-refractivity contribution < 1.29 is 18.0 Å². The van der Waals surface area contributed by atoms with Crippen molar-refractivity contribution >= 4 is 17.7 Å². The summed E-state index contributed by atoms with van der Waals surface area (Å²) in [6, 6.07) is 2.73. The SMILES string of the molecule is NC(=O)c1ccc(C(F)(F)F)nc1Sc1nccc(=O)[nH]1. The Labute approximate surface area is 119 Å². The van der Waals surface area contributed by atoms with Gasteiger partial charge in [-0.1, -0.05) is 0 Å². The summed E-state index contributed by atoms with van der Waals surface area (Å²) in [5, 5.41) is -0.288. The minimum absolute atomic E-state index is 0.00294. The number of primary amides is 1. The Morgan fingerprint density at radius 2 is 2.00 bits per heavy atom. The van der Waals surface area contributed by atoms with Gasteiger partial charge in [0.05, 0.1) is 5.56 Å². The molecule has 0 spiro atoms. The fraction of sp³-hybridized carbons (Fsp3) is 0.0909. The topological polar surface area (TPSA) is 102 Å². The van der Waals surface area contributed by atoms with Crippen LogP contribution in [0.25, 0.3) is 0 Å². The first kappa shape index (κ1) is 15.0. The van der Waals surface area contributed by atoms with Gasteiger partial charge < -0.3 is 10.7 Å². The van der Waals surface area contributed by atoms with Crippen molar-refractivity contribution in [3.8, 4) is 0 Å².